The van der Waals surface area contributed by atoms with Crippen LogP contribution in [0.25, 0.3) is 16.9 Å². The maximum absolute atomic E-state index is 11.6. The number of aryl methyl sites for hydroxylation is 1. The van der Waals surface area contributed by atoms with Crippen molar-refractivity contribution in [2.75, 3.05) is 5.73 Å². The average Bonchev–Trinajstić information content (AvgIpc) is 2.83. The summed E-state index contributed by atoms with van der Waals surface area (Å²) < 4.78 is 1.47. The molecule has 3 aromatic rings. The summed E-state index contributed by atoms with van der Waals surface area (Å²) in [6.45, 7) is 1.89. The highest BCUT2D eigenvalue weighted by Gasteiger charge is 2.21. The van der Waals surface area contributed by atoms with Gasteiger partial charge in [-0.25, -0.2) is 9.78 Å². The summed E-state index contributed by atoms with van der Waals surface area (Å²) in [6.07, 6.45) is 1.62. The lowest BCUT2D eigenvalue weighted by Crippen LogP contribution is -2.03. The van der Waals surface area contributed by atoms with Crippen LogP contribution >= 0.6 is 11.6 Å². The van der Waals surface area contributed by atoms with Gasteiger partial charge in [0.15, 0.2) is 11.3 Å². The van der Waals surface area contributed by atoms with Crippen molar-refractivity contribution in [2.45, 2.75) is 6.92 Å². The van der Waals surface area contributed by atoms with Gasteiger partial charge in [0.1, 0.15) is 5.69 Å². The van der Waals surface area contributed by atoms with Crippen LogP contribution in [0.4, 0.5) is 5.69 Å². The zero-order valence-electron chi connectivity index (χ0n) is 11.2. The Hall–Kier alpha value is -2.53. The molecule has 6 heteroatoms. The molecule has 0 fully saturated rings. The Labute approximate surface area is 125 Å². The van der Waals surface area contributed by atoms with E-state index in [2.05, 4.69) is 4.98 Å². The molecule has 0 aliphatic carbocycles. The monoisotopic (exact) mass is 301 g/mol. The molecule has 106 valence electrons. The van der Waals surface area contributed by atoms with Gasteiger partial charge in [-0.15, -0.1) is 0 Å². The second kappa shape index (κ2) is 4.79. The van der Waals surface area contributed by atoms with E-state index in [1.807, 2.05) is 13.0 Å². The van der Waals surface area contributed by atoms with Gasteiger partial charge >= 0.3 is 5.97 Å². The number of imidazole rings is 1. The van der Waals surface area contributed by atoms with E-state index in [9.17, 15) is 9.90 Å². The number of fused-ring (bicyclic) bond motifs is 1. The van der Waals surface area contributed by atoms with E-state index in [1.54, 1.807) is 30.5 Å². The normalized spacial score (nSPS) is 11.0. The van der Waals surface area contributed by atoms with Crippen molar-refractivity contribution in [3.05, 3.63) is 52.8 Å². The van der Waals surface area contributed by atoms with E-state index in [1.165, 1.54) is 4.40 Å². The third-order valence-corrected chi connectivity index (χ3v) is 3.65. The Morgan fingerprint density at radius 2 is 2.14 bits per heavy atom. The third-order valence-electron chi connectivity index (χ3n) is 3.36. The van der Waals surface area contributed by atoms with E-state index >= 15 is 0 Å². The molecule has 0 saturated carbocycles. The maximum atomic E-state index is 11.6. The molecule has 0 unspecified atom stereocenters. The molecule has 3 rings (SSSR count). The first kappa shape index (κ1) is 13.5. The number of carboxylic acid groups (broad SMARTS) is 1. The number of hydrogen-bond donors (Lipinski definition) is 2. The molecule has 0 radical (unpaired) electrons. The van der Waals surface area contributed by atoms with Gasteiger partial charge in [-0.1, -0.05) is 23.7 Å². The molecule has 5 nitrogen and oxygen atoms in total. The van der Waals surface area contributed by atoms with E-state index in [0.717, 1.165) is 5.56 Å². The number of carbonyl (C=O) groups is 1. The third kappa shape index (κ3) is 2.11. The quantitative estimate of drug-likeness (QED) is 0.712. The Kier molecular flexibility index (Phi) is 3.07. The highest BCUT2D eigenvalue weighted by molar-refractivity contribution is 6.33. The Morgan fingerprint density at radius 1 is 1.38 bits per heavy atom. The van der Waals surface area contributed by atoms with Crippen LogP contribution in [0.2, 0.25) is 5.02 Å². The first-order chi connectivity index (χ1) is 9.99. The number of halogens is 1. The lowest BCUT2D eigenvalue weighted by molar-refractivity contribution is 0.0690. The van der Waals surface area contributed by atoms with Gasteiger partial charge < -0.3 is 10.8 Å². The number of pyridine rings is 1. The molecule has 0 saturated heterocycles. The van der Waals surface area contributed by atoms with E-state index in [-0.39, 0.29) is 5.69 Å². The minimum atomic E-state index is -1.07. The van der Waals surface area contributed by atoms with Crippen molar-refractivity contribution in [3.8, 4) is 11.3 Å². The molecule has 0 spiro atoms. The van der Waals surface area contributed by atoms with E-state index in [4.69, 9.17) is 17.3 Å². The summed E-state index contributed by atoms with van der Waals surface area (Å²) in [6, 6.07) is 8.70. The Balaban J connectivity index is 2.36. The molecule has 0 amide bonds. The molecule has 3 N–H and O–H groups in total. The van der Waals surface area contributed by atoms with Gasteiger partial charge in [0.2, 0.25) is 0 Å². The Morgan fingerprint density at radius 3 is 2.81 bits per heavy atom. The van der Waals surface area contributed by atoms with Gasteiger partial charge in [-0.05, 0) is 30.7 Å². The van der Waals surface area contributed by atoms with Crippen LogP contribution in [0.3, 0.4) is 0 Å². The second-order valence-corrected chi connectivity index (χ2v) is 5.14. The molecule has 0 bridgehead atoms. The summed E-state index contributed by atoms with van der Waals surface area (Å²) in [7, 11) is 0. The number of benzene rings is 1. The fourth-order valence-corrected chi connectivity index (χ4v) is 2.43. The highest BCUT2D eigenvalue weighted by Crippen LogP contribution is 2.29. The lowest BCUT2D eigenvalue weighted by Gasteiger charge is -2.04. The number of rotatable bonds is 2. The molecular formula is C15H12ClN3O2. The Bertz CT molecular complexity index is 871. The molecule has 1 aromatic carbocycles. The fourth-order valence-electron chi connectivity index (χ4n) is 2.23. The summed E-state index contributed by atoms with van der Waals surface area (Å²) in [4.78, 5) is 16.0. The topological polar surface area (TPSA) is 80.6 Å². The van der Waals surface area contributed by atoms with Gasteiger partial charge in [-0.2, -0.15) is 0 Å². The number of carboxylic acids is 1. The van der Waals surface area contributed by atoms with Gasteiger partial charge in [0.05, 0.1) is 5.02 Å². The molecule has 0 aliphatic rings. The molecule has 0 aliphatic heterocycles. The molecule has 2 heterocycles. The molecule has 21 heavy (non-hydrogen) atoms. The number of hydrogen-bond acceptors (Lipinski definition) is 3. The SMILES string of the molecule is Cc1ccc(-c2nc3c(Cl)cccn3c2C(=O)O)cc1N. The standard InChI is InChI=1S/C15H12ClN3O2/c1-8-4-5-9(7-11(8)17)12-13(15(20)21)19-6-2-3-10(16)14(19)18-12/h2-7H,17H2,1H3,(H,20,21). The highest BCUT2D eigenvalue weighted by atomic mass is 35.5. The van der Waals surface area contributed by atoms with Crippen molar-refractivity contribution in [1.82, 2.24) is 9.38 Å². The maximum Gasteiger partial charge on any atom is 0.355 e. The number of nitrogens with zero attached hydrogens (tertiary/aromatic N) is 2. The first-order valence-electron chi connectivity index (χ1n) is 6.25. The zero-order chi connectivity index (χ0) is 15.1. The van der Waals surface area contributed by atoms with Crippen LogP contribution < -0.4 is 5.73 Å². The van der Waals surface area contributed by atoms with Gasteiger partial charge in [0, 0.05) is 17.4 Å². The fraction of sp³-hybridized carbons (Fsp3) is 0.0667. The van der Waals surface area contributed by atoms with Gasteiger partial charge in [-0.3, -0.25) is 4.40 Å². The lowest BCUT2D eigenvalue weighted by atomic mass is 10.1. The first-order valence-corrected chi connectivity index (χ1v) is 6.63. The van der Waals surface area contributed by atoms with Crippen LogP contribution in [0.5, 0.6) is 0 Å². The van der Waals surface area contributed by atoms with Crippen LogP contribution in [0.15, 0.2) is 36.5 Å². The number of nitrogens with two attached hydrogens (primary N) is 1. The van der Waals surface area contributed by atoms with Gasteiger partial charge in [0.25, 0.3) is 0 Å². The van der Waals surface area contributed by atoms with Crippen LogP contribution in [-0.4, -0.2) is 20.5 Å². The van der Waals surface area contributed by atoms with E-state index < -0.39 is 5.97 Å². The molecule has 2 aromatic heterocycles. The zero-order valence-corrected chi connectivity index (χ0v) is 11.9. The number of aromatic nitrogens is 2. The summed E-state index contributed by atoms with van der Waals surface area (Å²) in [5.74, 6) is -1.07. The number of anilines is 1. The predicted molar refractivity (Wildman–Crippen MR) is 81.7 cm³/mol. The molecular weight excluding hydrogens is 290 g/mol. The van der Waals surface area contributed by atoms with E-state index in [0.29, 0.717) is 27.6 Å². The van der Waals surface area contributed by atoms with Crippen LogP contribution in [-0.2, 0) is 0 Å². The van der Waals surface area contributed by atoms with Crippen molar-refractivity contribution in [2.24, 2.45) is 0 Å². The smallest absolute Gasteiger partial charge is 0.355 e. The van der Waals surface area contributed by atoms with Crippen molar-refractivity contribution < 1.29 is 9.90 Å². The average molecular weight is 302 g/mol. The summed E-state index contributed by atoms with van der Waals surface area (Å²) in [5, 5.41) is 9.89. The van der Waals surface area contributed by atoms with Crippen LogP contribution in [0.1, 0.15) is 16.1 Å². The minimum Gasteiger partial charge on any atom is -0.476 e. The summed E-state index contributed by atoms with van der Waals surface area (Å²) in [5.41, 5.74) is 8.89. The largest absolute Gasteiger partial charge is 0.476 e. The van der Waals surface area contributed by atoms with Crippen LogP contribution in [0, 0.1) is 6.92 Å². The summed E-state index contributed by atoms with van der Waals surface area (Å²) >= 11 is 6.09. The molecule has 0 atom stereocenters. The minimum absolute atomic E-state index is 0.0655. The second-order valence-electron chi connectivity index (χ2n) is 4.74. The number of aromatic carboxylic acids is 1. The predicted octanol–water partition coefficient (Wildman–Crippen LogP) is 3.24. The van der Waals surface area contributed by atoms with Crippen molar-refractivity contribution in [1.29, 1.82) is 0 Å². The van der Waals surface area contributed by atoms with Crippen molar-refractivity contribution in [3.63, 3.8) is 0 Å². The number of nitrogen functional groups attached to an aromatic ring is 1. The van der Waals surface area contributed by atoms with Crippen molar-refractivity contribution >= 4 is 28.9 Å².